The van der Waals surface area contributed by atoms with E-state index in [1.165, 1.54) is 0 Å². The van der Waals surface area contributed by atoms with E-state index in [1.807, 2.05) is 13.8 Å². The molecule has 1 aromatic carbocycles. The molecule has 1 unspecified atom stereocenters. The lowest BCUT2D eigenvalue weighted by molar-refractivity contribution is 0.0610. The summed E-state index contributed by atoms with van der Waals surface area (Å²) in [5.41, 5.74) is -0.443. The summed E-state index contributed by atoms with van der Waals surface area (Å²) in [6.45, 7) is 10.1. The highest BCUT2D eigenvalue weighted by Gasteiger charge is 2.40. The lowest BCUT2D eigenvalue weighted by atomic mass is 9.90. The molecule has 0 aliphatic rings. The number of hydrogen-bond acceptors (Lipinski definition) is 3. The van der Waals surface area contributed by atoms with Gasteiger partial charge in [0, 0.05) is 12.0 Å². The molecule has 3 nitrogen and oxygen atoms in total. The van der Waals surface area contributed by atoms with Crippen LogP contribution >= 0.6 is 0 Å². The molecule has 0 aliphatic carbocycles. The summed E-state index contributed by atoms with van der Waals surface area (Å²) in [5.74, 6) is 6.79. The van der Waals surface area contributed by atoms with Gasteiger partial charge >= 0.3 is 0 Å². The van der Waals surface area contributed by atoms with Gasteiger partial charge in [-0.2, -0.15) is 0 Å². The molecule has 0 amide bonds. The highest BCUT2D eigenvalue weighted by Crippen LogP contribution is 2.27. The largest absolute Gasteiger partial charge is 0.497 e. The van der Waals surface area contributed by atoms with Crippen molar-refractivity contribution in [3.8, 4) is 17.6 Å². The highest BCUT2D eigenvalue weighted by atomic mass is 28.4. The van der Waals surface area contributed by atoms with Crippen LogP contribution < -0.4 is 4.74 Å². The van der Waals surface area contributed by atoms with Crippen molar-refractivity contribution < 1.29 is 14.0 Å². The number of carbonyl (C=O) groups excluding carboxylic acids is 1. The molecular weight excluding hydrogens is 292 g/mol. The molecule has 0 aliphatic heterocycles. The van der Waals surface area contributed by atoms with Crippen LogP contribution in [0.4, 0.5) is 0 Å². The van der Waals surface area contributed by atoms with Gasteiger partial charge in [-0.1, -0.05) is 19.8 Å². The Balaban J connectivity index is 3.26. The Morgan fingerprint density at radius 2 is 1.77 bits per heavy atom. The molecule has 0 bridgehead atoms. The molecule has 120 valence electrons. The maximum atomic E-state index is 13.0. The first-order valence-corrected chi connectivity index (χ1v) is 11.1. The summed E-state index contributed by atoms with van der Waals surface area (Å²) in [7, 11) is -0.320. The maximum Gasteiger partial charge on any atom is 0.206 e. The van der Waals surface area contributed by atoms with Gasteiger partial charge in [-0.25, -0.2) is 0 Å². The molecule has 1 aromatic rings. The first-order valence-electron chi connectivity index (χ1n) is 7.67. The molecule has 1 rings (SSSR count). The Labute approximate surface area is 135 Å². The number of ketones is 1. The van der Waals surface area contributed by atoms with Crippen LogP contribution in [-0.2, 0) is 4.43 Å². The van der Waals surface area contributed by atoms with E-state index in [9.17, 15) is 4.79 Å². The normalized spacial score (nSPS) is 13.7. The number of ether oxygens (including phenoxy) is 1. The summed E-state index contributed by atoms with van der Waals surface area (Å²) in [6.07, 6.45) is 1.24. The predicted octanol–water partition coefficient (Wildman–Crippen LogP) is 4.29. The van der Waals surface area contributed by atoms with Crippen molar-refractivity contribution in [2.45, 2.75) is 51.9 Å². The van der Waals surface area contributed by atoms with Gasteiger partial charge in [0.15, 0.2) is 13.9 Å². The fourth-order valence-electron chi connectivity index (χ4n) is 2.18. The van der Waals surface area contributed by atoms with E-state index in [2.05, 4.69) is 31.5 Å². The van der Waals surface area contributed by atoms with Crippen molar-refractivity contribution >= 4 is 14.1 Å². The van der Waals surface area contributed by atoms with Gasteiger partial charge in [0.2, 0.25) is 5.78 Å². The van der Waals surface area contributed by atoms with Gasteiger partial charge < -0.3 is 9.16 Å². The zero-order valence-electron chi connectivity index (χ0n) is 14.4. The van der Waals surface area contributed by atoms with Gasteiger partial charge in [-0.15, -0.1) is 5.92 Å². The van der Waals surface area contributed by atoms with Crippen molar-refractivity contribution in [1.29, 1.82) is 0 Å². The third-order valence-corrected chi connectivity index (χ3v) is 4.13. The molecule has 1 atom stereocenters. The smallest absolute Gasteiger partial charge is 0.206 e. The lowest BCUT2D eigenvalue weighted by Crippen LogP contribution is -2.47. The fraction of sp³-hybridized carbons (Fsp3) is 0.500. The zero-order valence-corrected chi connectivity index (χ0v) is 15.4. The minimum Gasteiger partial charge on any atom is -0.497 e. The van der Waals surface area contributed by atoms with Crippen molar-refractivity contribution in [2.24, 2.45) is 0 Å². The number of rotatable bonds is 6. The second kappa shape index (κ2) is 7.62. The second-order valence-electron chi connectivity index (χ2n) is 6.11. The van der Waals surface area contributed by atoms with E-state index in [-0.39, 0.29) is 5.78 Å². The standard InChI is InChI=1S/C18H26O3Si/c1-7-9-14-18(8-2,21-22(4,5)6)17(19)15-10-12-16(20-3)13-11-15/h10-13H,7-8H2,1-6H3. The topological polar surface area (TPSA) is 35.5 Å². The Hall–Kier alpha value is -1.57. The van der Waals surface area contributed by atoms with E-state index >= 15 is 0 Å². The van der Waals surface area contributed by atoms with Crippen LogP contribution in [0.25, 0.3) is 0 Å². The number of hydrogen-bond donors (Lipinski definition) is 0. The van der Waals surface area contributed by atoms with Crippen LogP contribution in [0.2, 0.25) is 19.6 Å². The van der Waals surface area contributed by atoms with Crippen LogP contribution in [0.5, 0.6) is 5.75 Å². The second-order valence-corrected chi connectivity index (χ2v) is 10.5. The molecule has 0 radical (unpaired) electrons. The molecule has 0 heterocycles. The Kier molecular flexibility index (Phi) is 6.40. The maximum absolute atomic E-state index is 13.0. The average Bonchev–Trinajstić information content (AvgIpc) is 2.49. The fourth-order valence-corrected chi connectivity index (χ4v) is 3.51. The predicted molar refractivity (Wildman–Crippen MR) is 92.8 cm³/mol. The molecule has 0 saturated heterocycles. The minimum atomic E-state index is -1.93. The van der Waals surface area contributed by atoms with Gasteiger partial charge in [0.1, 0.15) is 5.75 Å². The molecule has 4 heteroatoms. The van der Waals surface area contributed by atoms with Gasteiger partial charge in [0.05, 0.1) is 7.11 Å². The van der Waals surface area contributed by atoms with Crippen LogP contribution in [0, 0.1) is 11.8 Å². The lowest BCUT2D eigenvalue weighted by Gasteiger charge is -2.33. The summed E-state index contributed by atoms with van der Waals surface area (Å²) in [6, 6.07) is 7.12. The molecule has 22 heavy (non-hydrogen) atoms. The van der Waals surface area contributed by atoms with Crippen molar-refractivity contribution in [1.82, 2.24) is 0 Å². The molecule has 0 spiro atoms. The van der Waals surface area contributed by atoms with E-state index < -0.39 is 13.9 Å². The monoisotopic (exact) mass is 318 g/mol. The summed E-state index contributed by atoms with van der Waals surface area (Å²) in [4.78, 5) is 13.0. The van der Waals surface area contributed by atoms with Crippen molar-refractivity contribution in [3.63, 3.8) is 0 Å². The quantitative estimate of drug-likeness (QED) is 0.446. The van der Waals surface area contributed by atoms with Crippen molar-refractivity contribution in [3.05, 3.63) is 29.8 Å². The Morgan fingerprint density at radius 1 is 1.18 bits per heavy atom. The number of Topliss-reactive ketones (excluding diaryl/α,β-unsaturated/α-hetero) is 1. The highest BCUT2D eigenvalue weighted by molar-refractivity contribution is 6.70. The molecule has 0 fully saturated rings. The summed E-state index contributed by atoms with van der Waals surface area (Å²) >= 11 is 0. The van der Waals surface area contributed by atoms with E-state index in [0.29, 0.717) is 18.4 Å². The first kappa shape index (κ1) is 18.5. The Morgan fingerprint density at radius 3 is 2.18 bits per heavy atom. The van der Waals surface area contributed by atoms with Crippen molar-refractivity contribution in [2.75, 3.05) is 7.11 Å². The first-order chi connectivity index (χ1) is 10.3. The zero-order chi connectivity index (χ0) is 16.8. The van der Waals surface area contributed by atoms with Crippen LogP contribution in [0.1, 0.15) is 37.0 Å². The van der Waals surface area contributed by atoms with Gasteiger partial charge in [0.25, 0.3) is 0 Å². The number of benzene rings is 1. The molecule has 0 N–H and O–H groups in total. The van der Waals surface area contributed by atoms with E-state index in [0.717, 1.165) is 5.75 Å². The SMILES string of the molecule is CCC#CC(CC)(O[Si](C)(C)C)C(=O)c1ccc(OC)cc1. The molecular formula is C18H26O3Si. The minimum absolute atomic E-state index is 0.0685. The average molecular weight is 318 g/mol. The Bertz CT molecular complexity index is 561. The van der Waals surface area contributed by atoms with Crippen LogP contribution in [0.3, 0.4) is 0 Å². The third-order valence-electron chi connectivity index (χ3n) is 3.16. The molecule has 0 saturated carbocycles. The summed E-state index contributed by atoms with van der Waals surface area (Å²) < 4.78 is 11.4. The van der Waals surface area contributed by atoms with Gasteiger partial charge in [-0.3, -0.25) is 4.79 Å². The number of carbonyl (C=O) groups is 1. The summed E-state index contributed by atoms with van der Waals surface area (Å²) in [5, 5.41) is 0. The van der Waals surface area contributed by atoms with E-state index in [4.69, 9.17) is 9.16 Å². The van der Waals surface area contributed by atoms with Crippen LogP contribution in [0.15, 0.2) is 24.3 Å². The number of methoxy groups -OCH3 is 1. The van der Waals surface area contributed by atoms with Gasteiger partial charge in [-0.05, 0) is 50.3 Å². The van der Waals surface area contributed by atoms with Crippen LogP contribution in [-0.4, -0.2) is 26.8 Å². The molecule has 0 aromatic heterocycles. The third kappa shape index (κ3) is 4.72. The van der Waals surface area contributed by atoms with E-state index in [1.54, 1.807) is 31.4 Å².